The summed E-state index contributed by atoms with van der Waals surface area (Å²) in [5.74, 6) is 0. The number of anilines is 1. The Hall–Kier alpha value is -1.06. The maximum absolute atomic E-state index is 5.87. The lowest BCUT2D eigenvalue weighted by Crippen LogP contribution is -2.33. The van der Waals surface area contributed by atoms with Crippen molar-refractivity contribution >= 4 is 5.69 Å². The second-order valence-corrected chi connectivity index (χ2v) is 6.04. The van der Waals surface area contributed by atoms with E-state index in [0.29, 0.717) is 6.04 Å². The summed E-state index contributed by atoms with van der Waals surface area (Å²) in [6.07, 6.45) is 5.19. The quantitative estimate of drug-likeness (QED) is 0.842. The van der Waals surface area contributed by atoms with Gasteiger partial charge in [-0.15, -0.1) is 0 Å². The van der Waals surface area contributed by atoms with E-state index in [-0.39, 0.29) is 0 Å². The highest BCUT2D eigenvalue weighted by Gasteiger charge is 2.26. The molecule has 3 heteroatoms. The molecule has 1 saturated heterocycles. The van der Waals surface area contributed by atoms with E-state index >= 15 is 0 Å². The van der Waals surface area contributed by atoms with Gasteiger partial charge in [0.15, 0.2) is 0 Å². The van der Waals surface area contributed by atoms with Crippen molar-refractivity contribution < 1.29 is 0 Å². The molecule has 0 bridgehead atoms. The van der Waals surface area contributed by atoms with Crippen LogP contribution in [0.4, 0.5) is 5.69 Å². The summed E-state index contributed by atoms with van der Waals surface area (Å²) >= 11 is 0. The molecule has 0 radical (unpaired) electrons. The SMILES string of the molecule is CN(CCN1CCCC1)C1CCc2cc(N)ccc21. The molecule has 1 aliphatic carbocycles. The third-order valence-corrected chi connectivity index (χ3v) is 4.71. The lowest BCUT2D eigenvalue weighted by Gasteiger charge is -2.27. The van der Waals surface area contributed by atoms with Crippen molar-refractivity contribution in [3.05, 3.63) is 29.3 Å². The van der Waals surface area contributed by atoms with Crippen LogP contribution in [-0.4, -0.2) is 43.0 Å². The van der Waals surface area contributed by atoms with Crippen LogP contribution >= 0.6 is 0 Å². The predicted octanol–water partition coefficient (Wildman–Crippen LogP) is 2.28. The molecule has 0 spiro atoms. The van der Waals surface area contributed by atoms with Gasteiger partial charge in [0.25, 0.3) is 0 Å². The first-order valence-corrected chi connectivity index (χ1v) is 7.55. The molecule has 1 fully saturated rings. The van der Waals surface area contributed by atoms with E-state index in [1.807, 2.05) is 6.07 Å². The maximum atomic E-state index is 5.87. The molecule has 1 aromatic rings. The van der Waals surface area contributed by atoms with E-state index in [1.165, 1.54) is 63.0 Å². The van der Waals surface area contributed by atoms with E-state index in [0.717, 1.165) is 5.69 Å². The van der Waals surface area contributed by atoms with E-state index in [9.17, 15) is 0 Å². The zero-order chi connectivity index (χ0) is 13.2. The van der Waals surface area contributed by atoms with Gasteiger partial charge < -0.3 is 10.6 Å². The lowest BCUT2D eigenvalue weighted by molar-refractivity contribution is 0.205. The number of nitrogens with two attached hydrogens (primary N) is 1. The van der Waals surface area contributed by atoms with Gasteiger partial charge in [0.05, 0.1) is 0 Å². The van der Waals surface area contributed by atoms with E-state index < -0.39 is 0 Å². The van der Waals surface area contributed by atoms with Gasteiger partial charge in [-0.25, -0.2) is 0 Å². The molecule has 0 aromatic heterocycles. The molecule has 1 unspecified atom stereocenters. The number of likely N-dealkylation sites (tertiary alicyclic amines) is 1. The third-order valence-electron chi connectivity index (χ3n) is 4.71. The fourth-order valence-electron chi connectivity index (χ4n) is 3.53. The van der Waals surface area contributed by atoms with Crippen molar-refractivity contribution in [2.24, 2.45) is 0 Å². The van der Waals surface area contributed by atoms with Gasteiger partial charge in [-0.05, 0) is 69.1 Å². The van der Waals surface area contributed by atoms with Crippen LogP contribution < -0.4 is 5.73 Å². The minimum Gasteiger partial charge on any atom is -0.399 e. The van der Waals surface area contributed by atoms with Crippen LogP contribution in [0.3, 0.4) is 0 Å². The van der Waals surface area contributed by atoms with Crippen LogP contribution in [0.15, 0.2) is 18.2 Å². The molecule has 1 aliphatic heterocycles. The number of nitrogens with zero attached hydrogens (tertiary/aromatic N) is 2. The molecule has 2 N–H and O–H groups in total. The number of aryl methyl sites for hydroxylation is 1. The molecular formula is C16H25N3. The van der Waals surface area contributed by atoms with Gasteiger partial charge in [0, 0.05) is 24.8 Å². The first-order chi connectivity index (χ1) is 9.24. The Balaban J connectivity index is 1.60. The van der Waals surface area contributed by atoms with Crippen LogP contribution in [-0.2, 0) is 6.42 Å². The topological polar surface area (TPSA) is 32.5 Å². The molecule has 1 heterocycles. The molecule has 1 aromatic carbocycles. The zero-order valence-electron chi connectivity index (χ0n) is 11.9. The molecule has 3 nitrogen and oxygen atoms in total. The minimum atomic E-state index is 0.596. The first kappa shape index (κ1) is 12.9. The Morgan fingerprint density at radius 3 is 2.89 bits per heavy atom. The van der Waals surface area contributed by atoms with E-state index in [2.05, 4.69) is 29.0 Å². The highest BCUT2D eigenvalue weighted by Crippen LogP contribution is 2.35. The number of rotatable bonds is 4. The average Bonchev–Trinajstić information content (AvgIpc) is 3.04. The van der Waals surface area contributed by atoms with Gasteiger partial charge >= 0.3 is 0 Å². The molecular weight excluding hydrogens is 234 g/mol. The predicted molar refractivity (Wildman–Crippen MR) is 80.2 cm³/mol. The van der Waals surface area contributed by atoms with Gasteiger partial charge in [-0.3, -0.25) is 4.90 Å². The van der Waals surface area contributed by atoms with Crippen molar-refractivity contribution in [1.82, 2.24) is 9.80 Å². The number of fused-ring (bicyclic) bond motifs is 1. The number of hydrogen-bond donors (Lipinski definition) is 1. The smallest absolute Gasteiger partial charge is 0.0351 e. The molecule has 0 amide bonds. The van der Waals surface area contributed by atoms with Crippen LogP contribution in [0.1, 0.15) is 36.4 Å². The number of hydrogen-bond acceptors (Lipinski definition) is 3. The fraction of sp³-hybridized carbons (Fsp3) is 0.625. The van der Waals surface area contributed by atoms with E-state index in [1.54, 1.807) is 0 Å². The Bertz CT molecular complexity index is 438. The van der Waals surface area contributed by atoms with Crippen LogP contribution in [0.5, 0.6) is 0 Å². The second kappa shape index (κ2) is 5.51. The maximum Gasteiger partial charge on any atom is 0.0351 e. The summed E-state index contributed by atoms with van der Waals surface area (Å²) in [7, 11) is 2.27. The van der Waals surface area contributed by atoms with Gasteiger partial charge in [0.1, 0.15) is 0 Å². The normalized spacial score (nSPS) is 23.2. The van der Waals surface area contributed by atoms with Crippen molar-refractivity contribution in [3.8, 4) is 0 Å². The monoisotopic (exact) mass is 259 g/mol. The van der Waals surface area contributed by atoms with Crippen molar-refractivity contribution in [1.29, 1.82) is 0 Å². The number of benzene rings is 1. The molecule has 1 atom stereocenters. The number of nitrogen functional groups attached to an aromatic ring is 1. The standard InChI is InChI=1S/C16H25N3/c1-18(10-11-19-8-2-3-9-19)16-7-4-13-12-14(17)5-6-15(13)16/h5-6,12,16H,2-4,7-11,17H2,1H3. The fourth-order valence-corrected chi connectivity index (χ4v) is 3.53. The Labute approximate surface area is 116 Å². The van der Waals surface area contributed by atoms with Crippen molar-refractivity contribution in [2.75, 3.05) is 39.0 Å². The summed E-state index contributed by atoms with van der Waals surface area (Å²) in [5.41, 5.74) is 9.73. The Morgan fingerprint density at radius 2 is 2.11 bits per heavy atom. The minimum absolute atomic E-state index is 0.596. The first-order valence-electron chi connectivity index (χ1n) is 7.55. The van der Waals surface area contributed by atoms with Crippen LogP contribution in [0.2, 0.25) is 0 Å². The average molecular weight is 259 g/mol. The Morgan fingerprint density at radius 1 is 1.32 bits per heavy atom. The highest BCUT2D eigenvalue weighted by molar-refractivity contribution is 5.47. The highest BCUT2D eigenvalue weighted by atomic mass is 15.2. The van der Waals surface area contributed by atoms with Crippen LogP contribution in [0.25, 0.3) is 0 Å². The summed E-state index contributed by atoms with van der Waals surface area (Å²) in [5, 5.41) is 0. The Kier molecular flexibility index (Phi) is 3.76. The summed E-state index contributed by atoms with van der Waals surface area (Å²) in [4.78, 5) is 5.12. The van der Waals surface area contributed by atoms with Crippen molar-refractivity contribution in [3.63, 3.8) is 0 Å². The molecule has 2 aliphatic rings. The summed E-state index contributed by atoms with van der Waals surface area (Å²) in [6, 6.07) is 7.03. The summed E-state index contributed by atoms with van der Waals surface area (Å²) in [6.45, 7) is 4.99. The third kappa shape index (κ3) is 2.77. The number of likely N-dealkylation sites (N-methyl/N-ethyl adjacent to an activating group) is 1. The molecule has 0 saturated carbocycles. The molecule has 3 rings (SSSR count). The molecule has 104 valence electrons. The lowest BCUT2D eigenvalue weighted by atomic mass is 10.1. The molecule has 19 heavy (non-hydrogen) atoms. The van der Waals surface area contributed by atoms with Crippen molar-refractivity contribution in [2.45, 2.75) is 31.7 Å². The zero-order valence-corrected chi connectivity index (χ0v) is 11.9. The summed E-state index contributed by atoms with van der Waals surface area (Å²) < 4.78 is 0. The van der Waals surface area contributed by atoms with E-state index in [4.69, 9.17) is 5.73 Å². The van der Waals surface area contributed by atoms with Gasteiger partial charge in [-0.1, -0.05) is 6.07 Å². The van der Waals surface area contributed by atoms with Crippen LogP contribution in [0, 0.1) is 0 Å². The van der Waals surface area contributed by atoms with Gasteiger partial charge in [-0.2, -0.15) is 0 Å². The van der Waals surface area contributed by atoms with Gasteiger partial charge in [0.2, 0.25) is 0 Å². The second-order valence-electron chi connectivity index (χ2n) is 6.04. The largest absolute Gasteiger partial charge is 0.399 e.